The molecule has 2 aliphatic carbocycles. The molecule has 0 unspecified atom stereocenters. The van der Waals surface area contributed by atoms with Crippen LogP contribution in [0.4, 0.5) is 0 Å². The number of esters is 1. The van der Waals surface area contributed by atoms with Crippen LogP contribution in [0.5, 0.6) is 5.75 Å². The molecule has 1 fully saturated rings. The largest absolute Gasteiger partial charge is 0.481 e. The summed E-state index contributed by atoms with van der Waals surface area (Å²) in [5.74, 6) is 1.16. The second-order valence-electron chi connectivity index (χ2n) is 14.7. The molecule has 1 amide bonds. The first-order valence-corrected chi connectivity index (χ1v) is 20.3. The van der Waals surface area contributed by atoms with Gasteiger partial charge in [-0.3, -0.25) is 4.79 Å². The third kappa shape index (κ3) is 5.71. The SMILES string of the molecule is C/C=C(\CCO)C(=O)O[C@]1(C)CC=C2CSS[C@@H]3C=C[C@@H](NC)[C@H]4CN(C(=O)CC5=C(C=C(N)NC5)[C@H]2[C@]12Cc1cc5ccc(=O)oc5cc1O2)[C@H]43. The Morgan fingerprint density at radius 2 is 2.12 bits per heavy atom. The molecule has 5 N–H and O–H groups in total. The van der Waals surface area contributed by atoms with E-state index >= 15 is 0 Å². The third-order valence-corrected chi connectivity index (χ3v) is 14.5. The van der Waals surface area contributed by atoms with Crippen molar-refractivity contribution in [3.05, 3.63) is 98.7 Å². The van der Waals surface area contributed by atoms with Gasteiger partial charge in [0.2, 0.25) is 5.91 Å². The Morgan fingerprint density at radius 1 is 1.27 bits per heavy atom. The Labute approximate surface area is 310 Å². The van der Waals surface area contributed by atoms with E-state index in [-0.39, 0.29) is 42.7 Å². The first-order valence-electron chi connectivity index (χ1n) is 17.9. The normalized spacial score (nSPS) is 32.5. The number of carbonyl (C=O) groups excluding carboxylic acids is 2. The maximum absolute atomic E-state index is 14.3. The highest BCUT2D eigenvalue weighted by atomic mass is 33.1. The number of ether oxygens (including phenoxy) is 2. The van der Waals surface area contributed by atoms with Crippen molar-refractivity contribution in [3.8, 4) is 5.75 Å². The summed E-state index contributed by atoms with van der Waals surface area (Å²) in [6.45, 7) is 4.58. The number of likely N-dealkylation sites (N-methyl/N-ethyl adjacent to an activating group) is 1. The molecular weight excluding hydrogens is 701 g/mol. The Hall–Kier alpha value is -3.91. The smallest absolute Gasteiger partial charge is 0.336 e. The first kappa shape index (κ1) is 35.1. The second-order valence-corrected chi connectivity index (χ2v) is 17.2. The van der Waals surface area contributed by atoms with Crippen LogP contribution in [-0.2, 0) is 20.7 Å². The van der Waals surface area contributed by atoms with Crippen LogP contribution in [-0.4, -0.2) is 82.9 Å². The summed E-state index contributed by atoms with van der Waals surface area (Å²) in [6.07, 6.45) is 11.4. The maximum atomic E-state index is 14.3. The van der Waals surface area contributed by atoms with Gasteiger partial charge in [-0.1, -0.05) is 51.5 Å². The van der Waals surface area contributed by atoms with Crippen LogP contribution in [0.2, 0.25) is 0 Å². The number of rotatable bonds is 5. The highest BCUT2D eigenvalue weighted by Gasteiger charge is 2.64. The number of dihydropyridines is 1. The van der Waals surface area contributed by atoms with Crippen molar-refractivity contribution in [2.24, 2.45) is 17.6 Å². The molecule has 1 aromatic carbocycles. The zero-order valence-electron chi connectivity index (χ0n) is 29.5. The van der Waals surface area contributed by atoms with Crippen molar-refractivity contribution in [2.45, 2.75) is 68.1 Å². The quantitative estimate of drug-likeness (QED) is 0.115. The van der Waals surface area contributed by atoms with E-state index in [1.807, 2.05) is 31.0 Å². The van der Waals surface area contributed by atoms with Gasteiger partial charge in [-0.25, -0.2) is 9.59 Å². The van der Waals surface area contributed by atoms with Gasteiger partial charge in [-0.15, -0.1) is 0 Å². The van der Waals surface area contributed by atoms with Gasteiger partial charge in [0.1, 0.15) is 11.3 Å². The molecule has 0 bridgehead atoms. The van der Waals surface area contributed by atoms with Crippen molar-refractivity contribution in [1.82, 2.24) is 15.5 Å². The van der Waals surface area contributed by atoms with Crippen molar-refractivity contribution in [3.63, 3.8) is 0 Å². The van der Waals surface area contributed by atoms with E-state index < -0.39 is 28.7 Å². The van der Waals surface area contributed by atoms with Crippen LogP contribution in [0.1, 0.15) is 38.7 Å². The molecule has 52 heavy (non-hydrogen) atoms. The fourth-order valence-corrected chi connectivity index (χ4v) is 11.9. The molecule has 274 valence electrons. The molecule has 11 nitrogen and oxygen atoms in total. The molecule has 13 heteroatoms. The van der Waals surface area contributed by atoms with Gasteiger partial charge in [0.05, 0.1) is 29.5 Å². The summed E-state index contributed by atoms with van der Waals surface area (Å²) < 4.78 is 19.4. The van der Waals surface area contributed by atoms with Gasteiger partial charge in [0.15, 0.2) is 11.2 Å². The summed E-state index contributed by atoms with van der Waals surface area (Å²) in [7, 11) is 5.54. The molecule has 0 radical (unpaired) electrons. The Morgan fingerprint density at radius 3 is 2.90 bits per heavy atom. The van der Waals surface area contributed by atoms with Gasteiger partial charge in [-0.2, -0.15) is 0 Å². The number of amides is 1. The molecule has 5 heterocycles. The van der Waals surface area contributed by atoms with Crippen molar-refractivity contribution in [1.29, 1.82) is 0 Å². The predicted molar refractivity (Wildman–Crippen MR) is 202 cm³/mol. The minimum Gasteiger partial charge on any atom is -0.481 e. The van der Waals surface area contributed by atoms with Crippen molar-refractivity contribution >= 4 is 44.4 Å². The molecule has 7 atom stereocenters. The average molecular weight is 745 g/mol. The molecule has 1 aromatic heterocycles. The first-order chi connectivity index (χ1) is 25.1. The zero-order chi connectivity index (χ0) is 36.4. The summed E-state index contributed by atoms with van der Waals surface area (Å²) in [6, 6.07) is 7.21. The van der Waals surface area contributed by atoms with Gasteiger partial charge in [0, 0.05) is 79.8 Å². The van der Waals surface area contributed by atoms with Gasteiger partial charge in [0.25, 0.3) is 0 Å². The zero-order valence-corrected chi connectivity index (χ0v) is 31.1. The summed E-state index contributed by atoms with van der Waals surface area (Å²) in [5, 5.41) is 17.3. The van der Waals surface area contributed by atoms with Gasteiger partial charge in [-0.05, 0) is 55.8 Å². The standard InChI is InChI=1S/C39H44N4O7S2/c1-4-21(10-12-44)37(47)50-38(2)11-9-23-20-51-52-31-7-6-28(41-3)27-19-43(36(27)31)33(45)14-25-18-42-32(40)15-26(25)35(23)39(38)17-24-13-22-5-8-34(46)48-29(22)16-30(24)49-39/h4-9,13,15-16,27-28,31,35-36,41-42,44H,10-12,14,17-20,40H2,1-3H3/b21-4+/t27-,28-,31-,35+,36-,38-,39-/m1/s1. The number of nitrogens with zero attached hydrogens (tertiary/aromatic N) is 1. The molecule has 0 saturated carbocycles. The van der Waals surface area contributed by atoms with Crippen LogP contribution >= 0.6 is 21.6 Å². The number of hydrogen-bond acceptors (Lipinski definition) is 12. The average Bonchev–Trinajstić information content (AvgIpc) is 3.47. The van der Waals surface area contributed by atoms with Crippen molar-refractivity contribution < 1.29 is 28.6 Å². The number of fused-ring (bicyclic) bond motifs is 5. The van der Waals surface area contributed by atoms with E-state index in [9.17, 15) is 19.5 Å². The Bertz CT molecular complexity index is 2050. The van der Waals surface area contributed by atoms with Gasteiger partial charge < -0.3 is 40.3 Å². The van der Waals surface area contributed by atoms with Crippen LogP contribution in [0.15, 0.2) is 92.0 Å². The molecule has 4 aliphatic heterocycles. The Kier molecular flexibility index (Phi) is 9.12. The highest BCUT2D eigenvalue weighted by molar-refractivity contribution is 8.77. The summed E-state index contributed by atoms with van der Waals surface area (Å²) >= 11 is 0. The lowest BCUT2D eigenvalue weighted by atomic mass is 9.61. The predicted octanol–water partition coefficient (Wildman–Crippen LogP) is 3.88. The lowest BCUT2D eigenvalue weighted by molar-refractivity contribution is -0.186. The van der Waals surface area contributed by atoms with Crippen LogP contribution in [0, 0.1) is 11.8 Å². The van der Waals surface area contributed by atoms with E-state index in [0.29, 0.717) is 60.3 Å². The summed E-state index contributed by atoms with van der Waals surface area (Å²) in [4.78, 5) is 42.4. The van der Waals surface area contributed by atoms with Crippen LogP contribution in [0.25, 0.3) is 11.0 Å². The number of nitrogens with one attached hydrogen (secondary N) is 2. The molecule has 6 aliphatic rings. The molecule has 1 saturated heterocycles. The highest BCUT2D eigenvalue weighted by Crippen LogP contribution is 2.58. The molecular formula is C39H44N4O7S2. The number of carbonyl (C=O) groups is 2. The van der Waals surface area contributed by atoms with E-state index in [1.54, 1.807) is 46.7 Å². The van der Waals surface area contributed by atoms with E-state index in [2.05, 4.69) is 28.9 Å². The monoisotopic (exact) mass is 744 g/mol. The maximum Gasteiger partial charge on any atom is 0.336 e. The molecule has 8 rings (SSSR count). The molecule has 1 spiro atoms. The van der Waals surface area contributed by atoms with Gasteiger partial charge >= 0.3 is 11.6 Å². The number of hydrogen-bond donors (Lipinski definition) is 4. The minimum absolute atomic E-state index is 0.0777. The van der Waals surface area contributed by atoms with E-state index in [0.717, 1.165) is 27.7 Å². The minimum atomic E-state index is -1.21. The lowest BCUT2D eigenvalue weighted by Gasteiger charge is -2.55. The number of aliphatic hydroxyl groups excluding tert-OH is 1. The van der Waals surface area contributed by atoms with E-state index in [4.69, 9.17) is 19.6 Å². The summed E-state index contributed by atoms with van der Waals surface area (Å²) in [5.41, 5.74) is 8.29. The van der Waals surface area contributed by atoms with Crippen LogP contribution < -0.4 is 26.7 Å². The number of nitrogens with two attached hydrogens (primary N) is 1. The van der Waals surface area contributed by atoms with Crippen molar-refractivity contribution in [2.75, 3.05) is 32.5 Å². The second kappa shape index (κ2) is 13.5. The third-order valence-electron chi connectivity index (χ3n) is 11.8. The Balaban J connectivity index is 1.29. The number of allylic oxidation sites excluding steroid dienone is 2. The lowest BCUT2D eigenvalue weighted by Crippen LogP contribution is -2.68. The molecule has 2 aromatic rings. The topological polar surface area (TPSA) is 156 Å². The number of aliphatic hydroxyl groups is 1. The van der Waals surface area contributed by atoms with E-state index in [1.165, 1.54) is 6.07 Å². The van der Waals surface area contributed by atoms with Crippen LogP contribution in [0.3, 0.4) is 0 Å². The fourth-order valence-electron chi connectivity index (χ4n) is 9.04. The number of benzene rings is 1. The fraction of sp³-hybridized carbons (Fsp3) is 0.462.